The lowest BCUT2D eigenvalue weighted by Crippen LogP contribution is -2.16. The largest absolute Gasteiger partial charge is 0.492 e. The van der Waals surface area contributed by atoms with Gasteiger partial charge in [-0.25, -0.2) is 0 Å². The second kappa shape index (κ2) is 7.89. The second-order valence-electron chi connectivity index (χ2n) is 5.50. The second-order valence-corrected chi connectivity index (χ2v) is 6.92. The number of fused-ring (bicyclic) bond motifs is 1. The standard InChI is InChI=1S/C18H16ClN3O4S/c1-3-21-16-14(26-4-2)6-5-7-15(16)27-18(21)20-17(23)12-10-11(22(24)25)8-9-13(12)19/h5-10H,3-4H2,1-2H3. The minimum absolute atomic E-state index is 0.00370. The first-order chi connectivity index (χ1) is 13.0. The van der Waals surface area contributed by atoms with E-state index in [0.717, 1.165) is 22.0 Å². The number of nitro groups is 1. The Morgan fingerprint density at radius 3 is 2.78 bits per heavy atom. The van der Waals surface area contributed by atoms with Crippen molar-refractivity contribution in [3.05, 3.63) is 61.9 Å². The van der Waals surface area contributed by atoms with E-state index < -0.39 is 10.8 Å². The molecule has 2 aromatic carbocycles. The Morgan fingerprint density at radius 1 is 1.33 bits per heavy atom. The zero-order chi connectivity index (χ0) is 19.6. The predicted octanol–water partition coefficient (Wildman–Crippen LogP) is 4.42. The van der Waals surface area contributed by atoms with Crippen molar-refractivity contribution in [1.82, 2.24) is 4.57 Å². The fourth-order valence-electron chi connectivity index (χ4n) is 2.69. The number of benzene rings is 2. The minimum atomic E-state index is -0.629. The molecule has 27 heavy (non-hydrogen) atoms. The average molecular weight is 406 g/mol. The first kappa shape index (κ1) is 19.1. The lowest BCUT2D eigenvalue weighted by atomic mass is 10.2. The summed E-state index contributed by atoms with van der Waals surface area (Å²) < 4.78 is 8.50. The van der Waals surface area contributed by atoms with Crippen molar-refractivity contribution in [3.63, 3.8) is 0 Å². The quantitative estimate of drug-likeness (QED) is 0.464. The number of nitro benzene ring substituents is 1. The van der Waals surface area contributed by atoms with Crippen molar-refractivity contribution in [1.29, 1.82) is 0 Å². The minimum Gasteiger partial charge on any atom is -0.492 e. The van der Waals surface area contributed by atoms with Crippen LogP contribution < -0.4 is 9.54 Å². The molecule has 7 nitrogen and oxygen atoms in total. The van der Waals surface area contributed by atoms with E-state index in [-0.39, 0.29) is 16.3 Å². The molecule has 0 unspecified atom stereocenters. The highest BCUT2D eigenvalue weighted by Gasteiger charge is 2.17. The molecule has 9 heteroatoms. The first-order valence-corrected chi connectivity index (χ1v) is 9.43. The van der Waals surface area contributed by atoms with Gasteiger partial charge in [-0.05, 0) is 32.0 Å². The summed E-state index contributed by atoms with van der Waals surface area (Å²) in [6, 6.07) is 9.40. The van der Waals surface area contributed by atoms with E-state index >= 15 is 0 Å². The highest BCUT2D eigenvalue weighted by molar-refractivity contribution is 7.16. The molecule has 0 N–H and O–H groups in total. The third-order valence-electron chi connectivity index (χ3n) is 3.87. The van der Waals surface area contributed by atoms with Gasteiger partial charge in [-0.15, -0.1) is 0 Å². The number of hydrogen-bond acceptors (Lipinski definition) is 5. The van der Waals surface area contributed by atoms with Gasteiger partial charge in [-0.3, -0.25) is 14.9 Å². The number of hydrogen-bond donors (Lipinski definition) is 0. The smallest absolute Gasteiger partial charge is 0.281 e. The highest BCUT2D eigenvalue weighted by Crippen LogP contribution is 2.28. The number of ether oxygens (including phenoxy) is 1. The maximum atomic E-state index is 12.7. The Balaban J connectivity index is 2.16. The molecule has 1 amide bonds. The monoisotopic (exact) mass is 405 g/mol. The van der Waals surface area contributed by atoms with Crippen LogP contribution in [-0.4, -0.2) is 22.0 Å². The Morgan fingerprint density at radius 2 is 2.11 bits per heavy atom. The molecule has 0 aliphatic heterocycles. The maximum Gasteiger partial charge on any atom is 0.281 e. The number of aromatic nitrogens is 1. The highest BCUT2D eigenvalue weighted by atomic mass is 35.5. The zero-order valence-electron chi connectivity index (χ0n) is 14.6. The van der Waals surface area contributed by atoms with Crippen molar-refractivity contribution >= 4 is 44.7 Å². The van der Waals surface area contributed by atoms with Gasteiger partial charge in [-0.2, -0.15) is 4.99 Å². The number of amides is 1. The number of aryl methyl sites for hydroxylation is 1. The Labute approximate surface area is 163 Å². The van der Waals surface area contributed by atoms with Gasteiger partial charge in [0.1, 0.15) is 11.3 Å². The molecule has 0 bridgehead atoms. The third kappa shape index (κ3) is 3.72. The molecular weight excluding hydrogens is 390 g/mol. The predicted molar refractivity (Wildman–Crippen MR) is 105 cm³/mol. The Hall–Kier alpha value is -2.71. The van der Waals surface area contributed by atoms with Gasteiger partial charge in [0.15, 0.2) is 4.80 Å². The van der Waals surface area contributed by atoms with E-state index in [2.05, 4.69) is 4.99 Å². The van der Waals surface area contributed by atoms with E-state index in [9.17, 15) is 14.9 Å². The number of carbonyl (C=O) groups is 1. The van der Waals surface area contributed by atoms with Gasteiger partial charge in [0.25, 0.3) is 11.6 Å². The molecule has 0 aliphatic carbocycles. The summed E-state index contributed by atoms with van der Waals surface area (Å²) in [6.45, 7) is 4.95. The molecule has 0 spiro atoms. The summed E-state index contributed by atoms with van der Waals surface area (Å²) >= 11 is 7.40. The van der Waals surface area contributed by atoms with Crippen LogP contribution in [0, 0.1) is 10.1 Å². The summed E-state index contributed by atoms with van der Waals surface area (Å²) in [5, 5.41) is 11.1. The van der Waals surface area contributed by atoms with Crippen molar-refractivity contribution < 1.29 is 14.5 Å². The van der Waals surface area contributed by atoms with E-state index in [0.29, 0.717) is 18.0 Å². The van der Waals surface area contributed by atoms with Gasteiger partial charge >= 0.3 is 0 Å². The lowest BCUT2D eigenvalue weighted by molar-refractivity contribution is -0.384. The van der Waals surface area contributed by atoms with Crippen molar-refractivity contribution in [2.75, 3.05) is 6.61 Å². The van der Waals surface area contributed by atoms with E-state index in [1.807, 2.05) is 36.6 Å². The van der Waals surface area contributed by atoms with Crippen molar-refractivity contribution in [2.24, 2.45) is 4.99 Å². The number of rotatable bonds is 5. The summed E-state index contributed by atoms with van der Waals surface area (Å²) in [5.41, 5.74) is 0.649. The van der Waals surface area contributed by atoms with Crippen LogP contribution >= 0.6 is 22.9 Å². The summed E-state index contributed by atoms with van der Waals surface area (Å²) in [4.78, 5) is 27.7. The molecule has 0 saturated heterocycles. The molecule has 3 aromatic rings. The molecule has 0 fully saturated rings. The molecule has 3 rings (SSSR count). The van der Waals surface area contributed by atoms with Gasteiger partial charge in [0.05, 0.1) is 26.8 Å². The van der Waals surface area contributed by atoms with Crippen LogP contribution in [0.4, 0.5) is 5.69 Å². The molecule has 140 valence electrons. The van der Waals surface area contributed by atoms with Gasteiger partial charge in [0, 0.05) is 18.7 Å². The zero-order valence-corrected chi connectivity index (χ0v) is 16.2. The molecule has 0 atom stereocenters. The van der Waals surface area contributed by atoms with Crippen LogP contribution in [0.1, 0.15) is 24.2 Å². The number of thiazole rings is 1. The topological polar surface area (TPSA) is 86.7 Å². The SMILES string of the molecule is CCOc1cccc2sc(=NC(=O)c3cc([N+](=O)[O-])ccc3Cl)n(CC)c12. The molecule has 1 heterocycles. The van der Waals surface area contributed by atoms with Crippen LogP contribution in [0.3, 0.4) is 0 Å². The van der Waals surface area contributed by atoms with Gasteiger partial charge in [-0.1, -0.05) is 29.0 Å². The third-order valence-corrected chi connectivity index (χ3v) is 5.24. The fourth-order valence-corrected chi connectivity index (χ4v) is 3.99. The summed E-state index contributed by atoms with van der Waals surface area (Å²) in [5.74, 6) is 0.0887. The van der Waals surface area contributed by atoms with E-state index in [1.54, 1.807) is 0 Å². The summed E-state index contributed by atoms with van der Waals surface area (Å²) in [6.07, 6.45) is 0. The number of non-ortho nitro benzene ring substituents is 1. The average Bonchev–Trinajstić information content (AvgIpc) is 3.00. The number of nitrogens with zero attached hydrogens (tertiary/aromatic N) is 3. The first-order valence-electron chi connectivity index (χ1n) is 8.24. The lowest BCUT2D eigenvalue weighted by Gasteiger charge is -2.07. The van der Waals surface area contributed by atoms with E-state index in [4.69, 9.17) is 16.3 Å². The molecule has 1 aromatic heterocycles. The Kier molecular flexibility index (Phi) is 5.57. The molecule has 0 radical (unpaired) electrons. The van der Waals surface area contributed by atoms with Crippen LogP contribution in [0.15, 0.2) is 41.4 Å². The van der Waals surface area contributed by atoms with Crippen LogP contribution in [-0.2, 0) is 6.54 Å². The van der Waals surface area contributed by atoms with Crippen LogP contribution in [0.25, 0.3) is 10.2 Å². The van der Waals surface area contributed by atoms with E-state index in [1.165, 1.54) is 23.5 Å². The maximum absolute atomic E-state index is 12.7. The molecular formula is C18H16ClN3O4S. The fraction of sp³-hybridized carbons (Fsp3) is 0.222. The summed E-state index contributed by atoms with van der Waals surface area (Å²) in [7, 11) is 0. The van der Waals surface area contributed by atoms with Crippen molar-refractivity contribution in [2.45, 2.75) is 20.4 Å². The molecule has 0 saturated carbocycles. The van der Waals surface area contributed by atoms with Crippen molar-refractivity contribution in [3.8, 4) is 5.75 Å². The normalized spacial score (nSPS) is 11.7. The van der Waals surface area contributed by atoms with Crippen LogP contribution in [0.2, 0.25) is 5.02 Å². The number of carbonyl (C=O) groups excluding carboxylic acids is 1. The Bertz CT molecular complexity index is 1100. The number of para-hydroxylation sites is 1. The molecule has 0 aliphatic rings. The van der Waals surface area contributed by atoms with Gasteiger partial charge < -0.3 is 9.30 Å². The van der Waals surface area contributed by atoms with Gasteiger partial charge in [0.2, 0.25) is 0 Å². The number of halogens is 1. The van der Waals surface area contributed by atoms with Crippen LogP contribution in [0.5, 0.6) is 5.75 Å².